The van der Waals surface area contributed by atoms with Gasteiger partial charge in [0.25, 0.3) is 0 Å². The number of rotatable bonds is 6. The van der Waals surface area contributed by atoms with Gasteiger partial charge in [0.15, 0.2) is 5.96 Å². The van der Waals surface area contributed by atoms with Gasteiger partial charge >= 0.3 is 0 Å². The van der Waals surface area contributed by atoms with E-state index in [4.69, 9.17) is 0 Å². The van der Waals surface area contributed by atoms with Crippen molar-refractivity contribution < 1.29 is 0 Å². The molecule has 0 aromatic carbocycles. The minimum Gasteiger partial charge on any atom is -0.356 e. The van der Waals surface area contributed by atoms with E-state index < -0.39 is 0 Å². The summed E-state index contributed by atoms with van der Waals surface area (Å²) in [4.78, 5) is 8.61. The summed E-state index contributed by atoms with van der Waals surface area (Å²) in [7, 11) is 1.80. The summed E-state index contributed by atoms with van der Waals surface area (Å²) in [5.41, 5.74) is 2.26. The van der Waals surface area contributed by atoms with Crippen LogP contribution in [0.4, 0.5) is 0 Å². The van der Waals surface area contributed by atoms with Gasteiger partial charge in [-0.25, -0.2) is 0 Å². The van der Waals surface area contributed by atoms with E-state index in [1.165, 1.54) is 18.4 Å². The Labute approximate surface area is 116 Å². The first-order valence-corrected chi connectivity index (χ1v) is 7.06. The van der Waals surface area contributed by atoms with E-state index in [1.807, 2.05) is 12.3 Å². The Bertz CT molecular complexity index is 397. The summed E-state index contributed by atoms with van der Waals surface area (Å²) in [6, 6.07) is 4.03. The van der Waals surface area contributed by atoms with Crippen molar-refractivity contribution >= 4 is 5.96 Å². The third-order valence-electron chi connectivity index (χ3n) is 3.48. The topological polar surface area (TPSA) is 49.3 Å². The minimum absolute atomic E-state index is 0.704. The first-order valence-electron chi connectivity index (χ1n) is 7.06. The maximum atomic E-state index is 4.37. The van der Waals surface area contributed by atoms with Crippen LogP contribution < -0.4 is 10.6 Å². The van der Waals surface area contributed by atoms with Crippen molar-refractivity contribution in [2.45, 2.75) is 40.2 Å². The molecule has 106 valence electrons. The van der Waals surface area contributed by atoms with Gasteiger partial charge < -0.3 is 10.6 Å². The standard InChI is InChI=1S/C15H26N4/c1-5-13(6-2)10-18-15(16-4)19-11-14-12(3)8-7-9-17-14/h7-9,13H,5-6,10-11H2,1-4H3,(H2,16,18,19). The molecule has 0 spiro atoms. The molecule has 1 aromatic heterocycles. The zero-order valence-electron chi connectivity index (χ0n) is 12.5. The molecule has 0 radical (unpaired) electrons. The maximum absolute atomic E-state index is 4.37. The first kappa shape index (κ1) is 15.5. The summed E-state index contributed by atoms with van der Waals surface area (Å²) in [5.74, 6) is 1.55. The van der Waals surface area contributed by atoms with E-state index in [1.54, 1.807) is 7.05 Å². The quantitative estimate of drug-likeness (QED) is 0.612. The zero-order valence-corrected chi connectivity index (χ0v) is 12.5. The van der Waals surface area contributed by atoms with E-state index >= 15 is 0 Å². The van der Waals surface area contributed by atoms with Gasteiger partial charge in [-0.1, -0.05) is 32.8 Å². The lowest BCUT2D eigenvalue weighted by Crippen LogP contribution is -2.39. The van der Waals surface area contributed by atoms with Gasteiger partial charge in [0.2, 0.25) is 0 Å². The fourth-order valence-electron chi connectivity index (χ4n) is 1.91. The van der Waals surface area contributed by atoms with E-state index in [0.29, 0.717) is 12.5 Å². The molecular weight excluding hydrogens is 236 g/mol. The zero-order chi connectivity index (χ0) is 14.1. The maximum Gasteiger partial charge on any atom is 0.191 e. The largest absolute Gasteiger partial charge is 0.356 e. The average molecular weight is 262 g/mol. The van der Waals surface area contributed by atoms with E-state index in [9.17, 15) is 0 Å². The fraction of sp³-hybridized carbons (Fsp3) is 0.600. The lowest BCUT2D eigenvalue weighted by Gasteiger charge is -2.16. The summed E-state index contributed by atoms with van der Waals surface area (Å²) in [5, 5.41) is 6.68. The van der Waals surface area contributed by atoms with Crippen molar-refractivity contribution in [1.29, 1.82) is 0 Å². The number of nitrogens with one attached hydrogen (secondary N) is 2. The molecule has 0 aliphatic carbocycles. The van der Waals surface area contributed by atoms with Crippen LogP contribution in [0.25, 0.3) is 0 Å². The predicted molar refractivity (Wildman–Crippen MR) is 81.2 cm³/mol. The lowest BCUT2D eigenvalue weighted by molar-refractivity contribution is 0.481. The van der Waals surface area contributed by atoms with E-state index in [2.05, 4.69) is 47.4 Å². The summed E-state index contributed by atoms with van der Waals surface area (Å²) in [6.45, 7) is 8.19. The van der Waals surface area contributed by atoms with Crippen LogP contribution in [0.3, 0.4) is 0 Å². The summed E-state index contributed by atoms with van der Waals surface area (Å²) in [6.07, 6.45) is 4.21. The minimum atomic E-state index is 0.704. The van der Waals surface area contributed by atoms with Crippen molar-refractivity contribution in [3.8, 4) is 0 Å². The summed E-state index contributed by atoms with van der Waals surface area (Å²) >= 11 is 0. The Morgan fingerprint density at radius 2 is 2.05 bits per heavy atom. The molecule has 0 saturated carbocycles. The van der Waals surface area contributed by atoms with Crippen LogP contribution in [0.1, 0.15) is 37.9 Å². The molecule has 0 aliphatic heterocycles. The Kier molecular flexibility index (Phi) is 6.93. The van der Waals surface area contributed by atoms with Gasteiger partial charge in [-0.15, -0.1) is 0 Å². The van der Waals surface area contributed by atoms with Crippen LogP contribution in [0.5, 0.6) is 0 Å². The number of aryl methyl sites for hydroxylation is 1. The SMILES string of the molecule is CCC(CC)CNC(=NC)NCc1ncccc1C. The molecule has 0 amide bonds. The highest BCUT2D eigenvalue weighted by Crippen LogP contribution is 2.05. The van der Waals surface area contributed by atoms with Gasteiger partial charge in [-0.3, -0.25) is 9.98 Å². The molecule has 4 nitrogen and oxygen atoms in total. The molecule has 1 heterocycles. The highest BCUT2D eigenvalue weighted by molar-refractivity contribution is 5.79. The van der Waals surface area contributed by atoms with E-state index in [-0.39, 0.29) is 0 Å². The number of hydrogen-bond acceptors (Lipinski definition) is 2. The Morgan fingerprint density at radius 3 is 2.63 bits per heavy atom. The van der Waals surface area contributed by atoms with Crippen LogP contribution in [-0.4, -0.2) is 24.5 Å². The average Bonchev–Trinajstić information content (AvgIpc) is 2.44. The van der Waals surface area contributed by atoms with Crippen molar-refractivity contribution in [3.05, 3.63) is 29.6 Å². The highest BCUT2D eigenvalue weighted by atomic mass is 15.2. The molecule has 0 unspecified atom stereocenters. The second-order valence-corrected chi connectivity index (χ2v) is 4.76. The monoisotopic (exact) mass is 262 g/mol. The Hall–Kier alpha value is -1.58. The highest BCUT2D eigenvalue weighted by Gasteiger charge is 2.05. The Balaban J connectivity index is 2.44. The van der Waals surface area contributed by atoms with Crippen LogP contribution in [0.15, 0.2) is 23.3 Å². The molecule has 0 aliphatic rings. The van der Waals surface area contributed by atoms with Gasteiger partial charge in [-0.2, -0.15) is 0 Å². The molecule has 1 aromatic rings. The number of guanidine groups is 1. The molecule has 0 bridgehead atoms. The lowest BCUT2D eigenvalue weighted by atomic mass is 10.0. The molecule has 2 N–H and O–H groups in total. The number of aromatic nitrogens is 1. The number of nitrogens with zero attached hydrogens (tertiary/aromatic N) is 2. The third kappa shape index (κ3) is 5.28. The number of pyridine rings is 1. The Morgan fingerprint density at radius 1 is 1.32 bits per heavy atom. The molecule has 0 atom stereocenters. The molecule has 0 saturated heterocycles. The molecule has 4 heteroatoms. The van der Waals surface area contributed by atoms with Crippen molar-refractivity contribution in [2.75, 3.05) is 13.6 Å². The van der Waals surface area contributed by atoms with Crippen molar-refractivity contribution in [2.24, 2.45) is 10.9 Å². The van der Waals surface area contributed by atoms with Crippen LogP contribution in [0, 0.1) is 12.8 Å². The van der Waals surface area contributed by atoms with Gasteiger partial charge in [0.1, 0.15) is 0 Å². The summed E-state index contributed by atoms with van der Waals surface area (Å²) < 4.78 is 0. The van der Waals surface area contributed by atoms with Crippen LogP contribution in [0.2, 0.25) is 0 Å². The fourth-order valence-corrected chi connectivity index (χ4v) is 1.91. The second kappa shape index (κ2) is 8.51. The first-order chi connectivity index (χ1) is 9.21. The van der Waals surface area contributed by atoms with Crippen molar-refractivity contribution in [1.82, 2.24) is 15.6 Å². The van der Waals surface area contributed by atoms with Crippen LogP contribution in [-0.2, 0) is 6.54 Å². The third-order valence-corrected chi connectivity index (χ3v) is 3.48. The predicted octanol–water partition coefficient (Wildman–Crippen LogP) is 2.49. The normalized spacial score (nSPS) is 11.7. The van der Waals surface area contributed by atoms with Gasteiger partial charge in [0, 0.05) is 19.8 Å². The molecule has 0 fully saturated rings. The van der Waals surface area contributed by atoms with Crippen molar-refractivity contribution in [3.63, 3.8) is 0 Å². The number of aliphatic imine (C=N–C) groups is 1. The van der Waals surface area contributed by atoms with Gasteiger partial charge in [-0.05, 0) is 24.5 Å². The van der Waals surface area contributed by atoms with Gasteiger partial charge in [0.05, 0.1) is 12.2 Å². The van der Waals surface area contributed by atoms with E-state index in [0.717, 1.165) is 18.2 Å². The smallest absolute Gasteiger partial charge is 0.191 e. The molecule has 1 rings (SSSR count). The number of hydrogen-bond donors (Lipinski definition) is 2. The molecular formula is C15H26N4. The second-order valence-electron chi connectivity index (χ2n) is 4.76. The van der Waals surface area contributed by atoms with Crippen LogP contribution >= 0.6 is 0 Å². The molecule has 19 heavy (non-hydrogen) atoms.